The Morgan fingerprint density at radius 1 is 1.19 bits per heavy atom. The number of hydrogen-bond acceptors (Lipinski definition) is 7. The standard InChI is InChI=1S/C20H20F3N7O2/c21-20(22,23)12-2-1-3-14(8-12)30-18-15(11-25-30)17(29-4-6-32-7-5-29)27-19(28-18)26-13-9-16(31)24-10-13/h1-3,8,11,13H,4-7,9-10H2,(H,24,31)(H,26,27,28)/t13-/m0/s1. The van der Waals surface area contributed by atoms with Crippen LogP contribution in [0.15, 0.2) is 30.5 Å². The SMILES string of the molecule is O=C1C[C@H](Nc2nc(N3CCOCC3)c3cnn(-c4cccc(C(F)(F)F)c4)c3n2)CN1. The van der Waals surface area contributed by atoms with Gasteiger partial charge in [-0.1, -0.05) is 6.07 Å². The molecule has 0 unspecified atom stereocenters. The first-order valence-electron chi connectivity index (χ1n) is 10.2. The maximum Gasteiger partial charge on any atom is 0.416 e. The first-order chi connectivity index (χ1) is 15.4. The van der Waals surface area contributed by atoms with Crippen LogP contribution in [0.2, 0.25) is 0 Å². The number of aromatic nitrogens is 4. The Kier molecular flexibility index (Phi) is 5.08. The Hall–Kier alpha value is -3.41. The highest BCUT2D eigenvalue weighted by Gasteiger charge is 2.31. The van der Waals surface area contributed by atoms with E-state index >= 15 is 0 Å². The first kappa shape index (κ1) is 20.5. The van der Waals surface area contributed by atoms with Crippen LogP contribution in [0.3, 0.4) is 0 Å². The number of anilines is 2. The second kappa shape index (κ2) is 7.93. The molecule has 9 nitrogen and oxygen atoms in total. The molecule has 168 valence electrons. The Morgan fingerprint density at radius 2 is 2.00 bits per heavy atom. The monoisotopic (exact) mass is 447 g/mol. The second-order valence-corrected chi connectivity index (χ2v) is 7.66. The zero-order valence-electron chi connectivity index (χ0n) is 16.9. The zero-order valence-corrected chi connectivity index (χ0v) is 16.9. The maximum atomic E-state index is 13.2. The van der Waals surface area contributed by atoms with Crippen molar-refractivity contribution in [1.82, 2.24) is 25.1 Å². The lowest BCUT2D eigenvalue weighted by molar-refractivity contribution is -0.137. The van der Waals surface area contributed by atoms with Crippen molar-refractivity contribution in [3.05, 3.63) is 36.0 Å². The first-order valence-corrected chi connectivity index (χ1v) is 10.2. The summed E-state index contributed by atoms with van der Waals surface area (Å²) < 4.78 is 46.5. The molecule has 0 aliphatic carbocycles. The van der Waals surface area contributed by atoms with E-state index in [1.807, 2.05) is 4.90 Å². The highest BCUT2D eigenvalue weighted by atomic mass is 19.4. The van der Waals surface area contributed by atoms with Gasteiger partial charge in [0.05, 0.1) is 42.1 Å². The second-order valence-electron chi connectivity index (χ2n) is 7.66. The van der Waals surface area contributed by atoms with Crippen molar-refractivity contribution in [2.24, 2.45) is 0 Å². The van der Waals surface area contributed by atoms with Crippen LogP contribution in [0.4, 0.5) is 24.9 Å². The van der Waals surface area contributed by atoms with Gasteiger partial charge in [-0.2, -0.15) is 28.2 Å². The third kappa shape index (κ3) is 3.93. The van der Waals surface area contributed by atoms with Gasteiger partial charge < -0.3 is 20.3 Å². The average Bonchev–Trinajstić information content (AvgIpc) is 3.39. The molecule has 0 radical (unpaired) electrons. The molecule has 2 N–H and O–H groups in total. The zero-order chi connectivity index (χ0) is 22.3. The van der Waals surface area contributed by atoms with Crippen molar-refractivity contribution in [2.75, 3.05) is 43.1 Å². The van der Waals surface area contributed by atoms with E-state index in [1.165, 1.54) is 10.7 Å². The fraction of sp³-hybridized carbons (Fsp3) is 0.400. The fourth-order valence-corrected chi connectivity index (χ4v) is 3.87. The molecule has 1 aromatic carbocycles. The summed E-state index contributed by atoms with van der Waals surface area (Å²) >= 11 is 0. The number of halogens is 3. The molecule has 2 fully saturated rings. The van der Waals surface area contributed by atoms with Crippen LogP contribution in [0.5, 0.6) is 0 Å². The molecule has 3 aromatic rings. The number of fused-ring (bicyclic) bond motifs is 1. The Morgan fingerprint density at radius 3 is 2.72 bits per heavy atom. The molecule has 1 amide bonds. The van der Waals surface area contributed by atoms with Gasteiger partial charge in [-0.05, 0) is 18.2 Å². The van der Waals surface area contributed by atoms with Crippen LogP contribution >= 0.6 is 0 Å². The number of carbonyl (C=O) groups excluding carboxylic acids is 1. The van der Waals surface area contributed by atoms with Crippen molar-refractivity contribution in [2.45, 2.75) is 18.6 Å². The molecule has 0 bridgehead atoms. The van der Waals surface area contributed by atoms with E-state index in [1.54, 1.807) is 12.3 Å². The molecule has 1 atom stereocenters. The average molecular weight is 447 g/mol. The van der Waals surface area contributed by atoms with Crippen LogP contribution in [0.25, 0.3) is 16.7 Å². The number of hydrogen-bond donors (Lipinski definition) is 2. The lowest BCUT2D eigenvalue weighted by atomic mass is 10.2. The summed E-state index contributed by atoms with van der Waals surface area (Å²) in [5, 5.41) is 10.9. The van der Waals surface area contributed by atoms with Crippen LogP contribution in [0, 0.1) is 0 Å². The number of benzene rings is 1. The van der Waals surface area contributed by atoms with Crippen molar-refractivity contribution >= 4 is 28.7 Å². The molecule has 4 heterocycles. The fourth-order valence-electron chi connectivity index (χ4n) is 3.87. The summed E-state index contributed by atoms with van der Waals surface area (Å²) in [7, 11) is 0. The van der Waals surface area contributed by atoms with E-state index in [0.29, 0.717) is 56.1 Å². The summed E-state index contributed by atoms with van der Waals surface area (Å²) in [5.41, 5.74) is -0.152. The number of amides is 1. The number of carbonyl (C=O) groups is 1. The lowest BCUT2D eigenvalue weighted by Crippen LogP contribution is -2.37. The third-order valence-electron chi connectivity index (χ3n) is 5.45. The van der Waals surface area contributed by atoms with Gasteiger partial charge in [0.1, 0.15) is 5.82 Å². The minimum Gasteiger partial charge on any atom is -0.378 e. The number of ether oxygens (including phenoxy) is 1. The minimum absolute atomic E-state index is 0.0639. The topological polar surface area (TPSA) is 97.2 Å². The van der Waals surface area contributed by atoms with Gasteiger partial charge in [0.2, 0.25) is 11.9 Å². The Bertz CT molecular complexity index is 1160. The van der Waals surface area contributed by atoms with Crippen molar-refractivity contribution < 1.29 is 22.7 Å². The van der Waals surface area contributed by atoms with Crippen LogP contribution < -0.4 is 15.5 Å². The summed E-state index contributed by atoms with van der Waals surface area (Å²) in [6, 6.07) is 4.76. The molecule has 12 heteroatoms. The molecular weight excluding hydrogens is 427 g/mol. The van der Waals surface area contributed by atoms with Crippen LogP contribution in [-0.4, -0.2) is 64.5 Å². The van der Waals surface area contributed by atoms with Crippen LogP contribution in [-0.2, 0) is 15.7 Å². The predicted octanol–water partition coefficient (Wildman–Crippen LogP) is 1.97. The molecule has 0 spiro atoms. The van der Waals surface area contributed by atoms with Crippen molar-refractivity contribution in [1.29, 1.82) is 0 Å². The van der Waals surface area contributed by atoms with Gasteiger partial charge in [-0.25, -0.2) is 4.68 Å². The Balaban J connectivity index is 1.60. The number of morpholine rings is 1. The van der Waals surface area contributed by atoms with E-state index in [0.717, 1.165) is 12.1 Å². The molecular formula is C20H20F3N7O2. The number of nitrogens with one attached hydrogen (secondary N) is 2. The van der Waals surface area contributed by atoms with Crippen molar-refractivity contribution in [3.8, 4) is 5.69 Å². The Labute approximate surface area is 180 Å². The molecule has 2 aliphatic heterocycles. The predicted molar refractivity (Wildman–Crippen MR) is 110 cm³/mol. The molecule has 0 saturated carbocycles. The largest absolute Gasteiger partial charge is 0.416 e. The van der Waals surface area contributed by atoms with E-state index < -0.39 is 11.7 Å². The summed E-state index contributed by atoms with van der Waals surface area (Å²) in [6.07, 6.45) is -2.62. The lowest BCUT2D eigenvalue weighted by Gasteiger charge is -2.28. The third-order valence-corrected chi connectivity index (χ3v) is 5.45. The minimum atomic E-state index is -4.47. The highest BCUT2D eigenvalue weighted by molar-refractivity contribution is 5.89. The highest BCUT2D eigenvalue weighted by Crippen LogP contribution is 2.32. The quantitative estimate of drug-likeness (QED) is 0.631. The van der Waals surface area contributed by atoms with Crippen LogP contribution in [0.1, 0.15) is 12.0 Å². The molecule has 5 rings (SSSR count). The molecule has 2 saturated heterocycles. The van der Waals surface area contributed by atoms with E-state index in [4.69, 9.17) is 4.74 Å². The van der Waals surface area contributed by atoms with Gasteiger partial charge in [0.15, 0.2) is 5.65 Å². The summed E-state index contributed by atoms with van der Waals surface area (Å²) in [4.78, 5) is 22.8. The number of nitrogens with zero attached hydrogens (tertiary/aromatic N) is 5. The van der Waals surface area contributed by atoms with Gasteiger partial charge in [-0.15, -0.1) is 0 Å². The molecule has 2 aromatic heterocycles. The van der Waals surface area contributed by atoms with Gasteiger partial charge in [0, 0.05) is 26.1 Å². The van der Waals surface area contributed by atoms with E-state index in [9.17, 15) is 18.0 Å². The maximum absolute atomic E-state index is 13.2. The molecule has 2 aliphatic rings. The number of rotatable bonds is 4. The number of alkyl halides is 3. The van der Waals surface area contributed by atoms with Gasteiger partial charge in [-0.3, -0.25) is 4.79 Å². The smallest absolute Gasteiger partial charge is 0.378 e. The summed E-state index contributed by atoms with van der Waals surface area (Å²) in [6.45, 7) is 2.75. The van der Waals surface area contributed by atoms with E-state index in [2.05, 4.69) is 25.7 Å². The summed E-state index contributed by atoms with van der Waals surface area (Å²) in [5.74, 6) is 0.844. The van der Waals surface area contributed by atoms with Gasteiger partial charge >= 0.3 is 6.18 Å². The van der Waals surface area contributed by atoms with E-state index in [-0.39, 0.29) is 23.6 Å². The van der Waals surface area contributed by atoms with Crippen molar-refractivity contribution in [3.63, 3.8) is 0 Å². The molecule has 32 heavy (non-hydrogen) atoms. The van der Waals surface area contributed by atoms with Gasteiger partial charge in [0.25, 0.3) is 0 Å². The normalized spacial score (nSPS) is 19.4.